The van der Waals surface area contributed by atoms with Crippen LogP contribution in [0.2, 0.25) is 0 Å². The molecule has 0 saturated heterocycles. The predicted octanol–water partition coefficient (Wildman–Crippen LogP) is 2.28. The lowest BCUT2D eigenvalue weighted by atomic mass is 9.78. The van der Waals surface area contributed by atoms with Crippen LogP contribution < -0.4 is 5.46 Å². The van der Waals surface area contributed by atoms with E-state index in [0.29, 0.717) is 22.5 Å². The second-order valence-electron chi connectivity index (χ2n) is 5.97. The van der Waals surface area contributed by atoms with Gasteiger partial charge in [-0.25, -0.2) is 4.98 Å². The number of para-hydroxylation sites is 1. The molecule has 0 amide bonds. The first-order chi connectivity index (χ1) is 13.1. The Morgan fingerprint density at radius 3 is 2.15 bits per heavy atom. The largest absolute Gasteiger partial charge is 0.497 e. The Balaban J connectivity index is 2.17. The lowest BCUT2D eigenvalue weighted by Gasteiger charge is -2.12. The smallest absolute Gasteiger partial charge is 0.423 e. The van der Waals surface area contributed by atoms with Gasteiger partial charge in [0.05, 0.1) is 21.4 Å². The van der Waals surface area contributed by atoms with E-state index in [-0.39, 0.29) is 11.2 Å². The minimum Gasteiger partial charge on any atom is -0.423 e. The quantitative estimate of drug-likeness (QED) is 0.331. The molecular weight excluding hydrogens is 345 g/mol. The third-order valence-corrected chi connectivity index (χ3v) is 4.34. The van der Waals surface area contributed by atoms with Crippen LogP contribution in [0, 0.1) is 10.1 Å². The average molecular weight is 359 g/mol. The van der Waals surface area contributed by atoms with Gasteiger partial charge in [0.2, 0.25) is 0 Å². The molecule has 0 radical (unpaired) electrons. The predicted molar refractivity (Wildman–Crippen MR) is 103 cm³/mol. The van der Waals surface area contributed by atoms with Crippen molar-refractivity contribution in [1.82, 2.24) is 9.55 Å². The van der Waals surface area contributed by atoms with Gasteiger partial charge < -0.3 is 10.0 Å². The molecule has 4 aromatic rings. The molecule has 3 aromatic carbocycles. The van der Waals surface area contributed by atoms with E-state index in [1.54, 1.807) is 4.57 Å². The fourth-order valence-corrected chi connectivity index (χ4v) is 3.20. The number of hydrogen-bond acceptors (Lipinski definition) is 5. The van der Waals surface area contributed by atoms with Gasteiger partial charge in [-0.05, 0) is 18.2 Å². The molecule has 8 heteroatoms. The first kappa shape index (κ1) is 17.0. The van der Waals surface area contributed by atoms with Crippen molar-refractivity contribution < 1.29 is 15.0 Å². The molecule has 0 aliphatic heterocycles. The Morgan fingerprint density at radius 2 is 1.56 bits per heavy atom. The molecule has 4 rings (SSSR count). The number of aromatic nitrogens is 2. The minimum atomic E-state index is -2.02. The number of fused-ring (bicyclic) bond motifs is 1. The van der Waals surface area contributed by atoms with Crippen LogP contribution in [-0.4, -0.2) is 31.6 Å². The van der Waals surface area contributed by atoms with Gasteiger partial charge in [-0.2, -0.15) is 0 Å². The minimum absolute atomic E-state index is 0.184. The molecule has 0 spiro atoms. The Kier molecular flexibility index (Phi) is 4.19. The number of imidazole rings is 1. The number of nitrogens with zero attached hydrogens (tertiary/aromatic N) is 3. The summed E-state index contributed by atoms with van der Waals surface area (Å²) in [6.45, 7) is 0. The maximum atomic E-state index is 11.4. The summed E-state index contributed by atoms with van der Waals surface area (Å²) in [4.78, 5) is 15.4. The van der Waals surface area contributed by atoms with E-state index in [1.165, 1.54) is 12.1 Å². The summed E-state index contributed by atoms with van der Waals surface area (Å²) in [5, 5.41) is 31.3. The standard InChI is InChI=1S/C19H14BN3O4/c24-20(25)17-16(23(26)27)12-11-15-18(17)22(14-9-5-2-6-10-14)19(21-15)13-7-3-1-4-8-13/h1-12,24-25H. The molecule has 0 aliphatic carbocycles. The van der Waals surface area contributed by atoms with Crippen LogP contribution in [0.5, 0.6) is 0 Å². The van der Waals surface area contributed by atoms with E-state index in [1.807, 2.05) is 60.7 Å². The highest BCUT2D eigenvalue weighted by atomic mass is 16.6. The van der Waals surface area contributed by atoms with Gasteiger partial charge in [0.1, 0.15) is 5.82 Å². The summed E-state index contributed by atoms with van der Waals surface area (Å²) in [7, 11) is -2.02. The van der Waals surface area contributed by atoms with Gasteiger partial charge in [-0.3, -0.25) is 14.7 Å². The van der Waals surface area contributed by atoms with E-state index in [9.17, 15) is 20.2 Å². The van der Waals surface area contributed by atoms with E-state index >= 15 is 0 Å². The summed E-state index contributed by atoms with van der Waals surface area (Å²) >= 11 is 0. The summed E-state index contributed by atoms with van der Waals surface area (Å²) in [6, 6.07) is 21.3. The Bertz CT molecular complexity index is 1130. The first-order valence-electron chi connectivity index (χ1n) is 8.24. The number of benzene rings is 3. The van der Waals surface area contributed by atoms with Crippen molar-refractivity contribution in [1.29, 1.82) is 0 Å². The second kappa shape index (κ2) is 6.67. The van der Waals surface area contributed by atoms with Crippen molar-refractivity contribution in [2.24, 2.45) is 0 Å². The van der Waals surface area contributed by atoms with Gasteiger partial charge in [0.25, 0.3) is 5.69 Å². The molecule has 0 aliphatic rings. The molecule has 0 atom stereocenters. The van der Waals surface area contributed by atoms with Crippen molar-refractivity contribution in [2.75, 3.05) is 0 Å². The molecule has 0 unspecified atom stereocenters. The van der Waals surface area contributed by atoms with Gasteiger partial charge >= 0.3 is 7.12 Å². The first-order valence-corrected chi connectivity index (χ1v) is 8.24. The van der Waals surface area contributed by atoms with Crippen LogP contribution in [0.3, 0.4) is 0 Å². The highest BCUT2D eigenvalue weighted by Crippen LogP contribution is 2.29. The van der Waals surface area contributed by atoms with Crippen LogP contribution in [0.1, 0.15) is 0 Å². The molecule has 2 N–H and O–H groups in total. The molecule has 27 heavy (non-hydrogen) atoms. The summed E-state index contributed by atoms with van der Waals surface area (Å²) < 4.78 is 1.71. The highest BCUT2D eigenvalue weighted by Gasteiger charge is 2.30. The zero-order valence-corrected chi connectivity index (χ0v) is 14.1. The molecule has 7 nitrogen and oxygen atoms in total. The SMILES string of the molecule is O=[N+]([O-])c1ccc2nc(-c3ccccc3)n(-c3ccccc3)c2c1B(O)O. The number of nitro benzene ring substituents is 1. The van der Waals surface area contributed by atoms with Crippen molar-refractivity contribution in [2.45, 2.75) is 0 Å². The number of nitro groups is 1. The molecule has 132 valence electrons. The van der Waals surface area contributed by atoms with Crippen molar-refractivity contribution in [3.63, 3.8) is 0 Å². The highest BCUT2D eigenvalue weighted by molar-refractivity contribution is 6.63. The Labute approximate surface area is 154 Å². The Hall–Kier alpha value is -3.49. The van der Waals surface area contributed by atoms with Crippen LogP contribution >= 0.6 is 0 Å². The van der Waals surface area contributed by atoms with Crippen molar-refractivity contribution >= 4 is 29.3 Å². The Morgan fingerprint density at radius 1 is 0.926 bits per heavy atom. The topological polar surface area (TPSA) is 101 Å². The third kappa shape index (κ3) is 2.86. The van der Waals surface area contributed by atoms with Gasteiger partial charge in [-0.15, -0.1) is 0 Å². The normalized spacial score (nSPS) is 10.9. The fraction of sp³-hybridized carbons (Fsp3) is 0. The van der Waals surface area contributed by atoms with Crippen LogP contribution in [0.15, 0.2) is 72.8 Å². The molecule has 1 heterocycles. The maximum Gasteiger partial charge on any atom is 0.497 e. The molecule has 0 fully saturated rings. The molecule has 0 saturated carbocycles. The van der Waals surface area contributed by atoms with E-state index in [2.05, 4.69) is 4.98 Å². The fourth-order valence-electron chi connectivity index (χ4n) is 3.20. The second-order valence-corrected chi connectivity index (χ2v) is 5.97. The monoisotopic (exact) mass is 359 g/mol. The van der Waals surface area contributed by atoms with Gasteiger partial charge in [0, 0.05) is 17.3 Å². The lowest BCUT2D eigenvalue weighted by Crippen LogP contribution is -2.33. The summed E-state index contributed by atoms with van der Waals surface area (Å²) in [5.41, 5.74) is 1.70. The van der Waals surface area contributed by atoms with Gasteiger partial charge in [0.15, 0.2) is 0 Å². The van der Waals surface area contributed by atoms with E-state index in [0.717, 1.165) is 5.56 Å². The maximum absolute atomic E-state index is 11.4. The number of hydrogen-bond donors (Lipinski definition) is 2. The molecule has 0 bridgehead atoms. The average Bonchev–Trinajstić information content (AvgIpc) is 3.07. The van der Waals surface area contributed by atoms with Crippen molar-refractivity contribution in [3.8, 4) is 17.1 Å². The van der Waals surface area contributed by atoms with Crippen molar-refractivity contribution in [3.05, 3.63) is 82.9 Å². The number of rotatable bonds is 4. The van der Waals surface area contributed by atoms with E-state index < -0.39 is 12.0 Å². The van der Waals surface area contributed by atoms with Crippen LogP contribution in [-0.2, 0) is 0 Å². The molecular formula is C19H14BN3O4. The van der Waals surface area contributed by atoms with E-state index in [4.69, 9.17) is 0 Å². The summed E-state index contributed by atoms with van der Waals surface area (Å²) in [6.07, 6.45) is 0. The zero-order chi connectivity index (χ0) is 19.0. The van der Waals surface area contributed by atoms with Crippen LogP contribution in [0.4, 0.5) is 5.69 Å². The lowest BCUT2D eigenvalue weighted by molar-refractivity contribution is -0.383. The van der Waals surface area contributed by atoms with Gasteiger partial charge in [-0.1, -0.05) is 48.5 Å². The third-order valence-electron chi connectivity index (χ3n) is 4.34. The molecule has 1 aromatic heterocycles. The zero-order valence-electron chi connectivity index (χ0n) is 14.1. The van der Waals surface area contributed by atoms with Crippen LogP contribution in [0.25, 0.3) is 28.1 Å². The summed E-state index contributed by atoms with van der Waals surface area (Å²) in [5.74, 6) is 0.555.